The van der Waals surface area contributed by atoms with Crippen molar-refractivity contribution in [1.82, 2.24) is 4.72 Å². The highest BCUT2D eigenvalue weighted by atomic mass is 32.2. The first-order chi connectivity index (χ1) is 6.81. The maximum atomic E-state index is 11.0. The summed E-state index contributed by atoms with van der Waals surface area (Å²) in [6, 6.07) is 0. The van der Waals surface area contributed by atoms with E-state index in [1.165, 1.54) is 11.9 Å². The van der Waals surface area contributed by atoms with Crippen LogP contribution in [0.15, 0.2) is 0 Å². The van der Waals surface area contributed by atoms with Crippen LogP contribution in [-0.2, 0) is 14.3 Å². The van der Waals surface area contributed by atoms with E-state index in [9.17, 15) is 4.79 Å². The summed E-state index contributed by atoms with van der Waals surface area (Å²) in [6.45, 7) is 3.92. The number of hydrogen-bond donors (Lipinski definition) is 2. The summed E-state index contributed by atoms with van der Waals surface area (Å²) in [5.74, 6) is 0.662. The van der Waals surface area contributed by atoms with Crippen LogP contribution in [0, 0.1) is 0 Å². The Kier molecular flexibility index (Phi) is 10.5. The Morgan fingerprint density at radius 3 is 2.86 bits per heavy atom. The lowest BCUT2D eigenvalue weighted by molar-refractivity contribution is -0.143. The summed E-state index contributed by atoms with van der Waals surface area (Å²) >= 11 is 1.49. The molecule has 0 aliphatic rings. The van der Waals surface area contributed by atoms with Gasteiger partial charge < -0.3 is 15.2 Å². The van der Waals surface area contributed by atoms with Crippen molar-refractivity contribution in [2.75, 3.05) is 38.7 Å². The van der Waals surface area contributed by atoms with Crippen molar-refractivity contribution in [2.24, 2.45) is 5.73 Å². The van der Waals surface area contributed by atoms with Gasteiger partial charge in [-0.15, -0.1) is 0 Å². The minimum atomic E-state index is -0.262. The number of ether oxygens (including phenoxy) is 2. The molecule has 84 valence electrons. The van der Waals surface area contributed by atoms with E-state index in [2.05, 4.69) is 4.72 Å². The van der Waals surface area contributed by atoms with Gasteiger partial charge in [0.05, 0.1) is 13.2 Å². The van der Waals surface area contributed by atoms with Crippen molar-refractivity contribution >= 4 is 17.9 Å². The standard InChI is InChI=1S/C8H18N2O3S/c1-2-14-10-7-8(11)13-6-5-12-4-3-9/h10H,2-7,9H2,1H3. The van der Waals surface area contributed by atoms with Crippen LogP contribution < -0.4 is 10.5 Å². The van der Waals surface area contributed by atoms with E-state index in [1.54, 1.807) is 0 Å². The highest BCUT2D eigenvalue weighted by Crippen LogP contribution is 1.89. The number of hydrogen-bond acceptors (Lipinski definition) is 6. The van der Waals surface area contributed by atoms with E-state index in [0.29, 0.717) is 19.8 Å². The van der Waals surface area contributed by atoms with Gasteiger partial charge in [0.1, 0.15) is 13.2 Å². The van der Waals surface area contributed by atoms with Crippen LogP contribution >= 0.6 is 11.9 Å². The molecular weight excluding hydrogens is 204 g/mol. The van der Waals surface area contributed by atoms with Gasteiger partial charge in [-0.1, -0.05) is 18.9 Å². The fourth-order valence-electron chi connectivity index (χ4n) is 0.663. The zero-order valence-electron chi connectivity index (χ0n) is 8.45. The molecule has 0 amide bonds. The molecule has 0 spiro atoms. The summed E-state index contributed by atoms with van der Waals surface area (Å²) in [4.78, 5) is 11.0. The molecule has 0 aromatic carbocycles. The van der Waals surface area contributed by atoms with Crippen molar-refractivity contribution in [1.29, 1.82) is 0 Å². The molecule has 0 saturated carbocycles. The second kappa shape index (κ2) is 10.8. The van der Waals surface area contributed by atoms with Gasteiger partial charge in [-0.25, -0.2) is 0 Å². The summed E-state index contributed by atoms with van der Waals surface area (Å²) < 4.78 is 12.8. The maximum absolute atomic E-state index is 11.0. The molecule has 0 aromatic rings. The Labute approximate surface area is 88.8 Å². The predicted molar refractivity (Wildman–Crippen MR) is 57.0 cm³/mol. The molecule has 0 atom stereocenters. The lowest BCUT2D eigenvalue weighted by atomic mass is 10.6. The number of rotatable bonds is 9. The lowest BCUT2D eigenvalue weighted by Gasteiger charge is -2.05. The number of nitrogens with one attached hydrogen (secondary N) is 1. The summed E-state index contributed by atoms with van der Waals surface area (Å²) in [5.41, 5.74) is 5.21. The Bertz CT molecular complexity index is 147. The van der Waals surface area contributed by atoms with Crippen molar-refractivity contribution < 1.29 is 14.3 Å². The Morgan fingerprint density at radius 2 is 2.21 bits per heavy atom. The van der Waals surface area contributed by atoms with Gasteiger partial charge in [-0.3, -0.25) is 9.52 Å². The molecule has 5 nitrogen and oxygen atoms in total. The van der Waals surface area contributed by atoms with E-state index in [0.717, 1.165) is 5.75 Å². The first-order valence-electron chi connectivity index (χ1n) is 4.59. The van der Waals surface area contributed by atoms with Gasteiger partial charge in [0, 0.05) is 12.3 Å². The highest BCUT2D eigenvalue weighted by Gasteiger charge is 2.00. The first kappa shape index (κ1) is 13.7. The number of carbonyl (C=O) groups is 1. The van der Waals surface area contributed by atoms with E-state index in [4.69, 9.17) is 15.2 Å². The molecule has 0 aliphatic carbocycles. The van der Waals surface area contributed by atoms with Gasteiger partial charge in [-0.05, 0) is 0 Å². The largest absolute Gasteiger partial charge is 0.462 e. The molecule has 3 N–H and O–H groups in total. The van der Waals surface area contributed by atoms with Crippen molar-refractivity contribution in [2.45, 2.75) is 6.92 Å². The van der Waals surface area contributed by atoms with E-state index in [1.807, 2.05) is 6.92 Å². The highest BCUT2D eigenvalue weighted by molar-refractivity contribution is 7.97. The molecular formula is C8H18N2O3S. The fraction of sp³-hybridized carbons (Fsp3) is 0.875. The fourth-order valence-corrected chi connectivity index (χ4v) is 1.09. The number of carbonyl (C=O) groups excluding carboxylic acids is 1. The van der Waals surface area contributed by atoms with Crippen LogP contribution in [0.2, 0.25) is 0 Å². The number of nitrogens with two attached hydrogens (primary N) is 1. The van der Waals surface area contributed by atoms with Crippen molar-refractivity contribution in [3.8, 4) is 0 Å². The van der Waals surface area contributed by atoms with Crippen LogP contribution in [0.3, 0.4) is 0 Å². The van der Waals surface area contributed by atoms with Crippen LogP contribution in [0.4, 0.5) is 0 Å². The quantitative estimate of drug-likeness (QED) is 0.319. The smallest absolute Gasteiger partial charge is 0.320 e. The third kappa shape index (κ3) is 9.79. The molecule has 14 heavy (non-hydrogen) atoms. The summed E-state index contributed by atoms with van der Waals surface area (Å²) in [6.07, 6.45) is 0. The average Bonchev–Trinajstić information content (AvgIpc) is 2.18. The summed E-state index contributed by atoms with van der Waals surface area (Å²) in [7, 11) is 0. The zero-order valence-corrected chi connectivity index (χ0v) is 9.27. The summed E-state index contributed by atoms with van der Waals surface area (Å²) in [5, 5.41) is 0. The Hall–Kier alpha value is -0.300. The topological polar surface area (TPSA) is 73.6 Å². The third-order valence-electron chi connectivity index (χ3n) is 1.22. The average molecular weight is 222 g/mol. The van der Waals surface area contributed by atoms with Gasteiger partial charge in [-0.2, -0.15) is 0 Å². The molecule has 0 bridgehead atoms. The predicted octanol–water partition coefficient (Wildman–Crippen LogP) is -0.237. The first-order valence-corrected chi connectivity index (χ1v) is 5.58. The van der Waals surface area contributed by atoms with Crippen molar-refractivity contribution in [3.63, 3.8) is 0 Å². The van der Waals surface area contributed by atoms with Crippen LogP contribution in [0.25, 0.3) is 0 Å². The minimum Gasteiger partial charge on any atom is -0.462 e. The van der Waals surface area contributed by atoms with Gasteiger partial charge >= 0.3 is 5.97 Å². The molecule has 6 heteroatoms. The van der Waals surface area contributed by atoms with E-state index < -0.39 is 0 Å². The molecule has 0 heterocycles. The normalized spacial score (nSPS) is 10.1. The van der Waals surface area contributed by atoms with Crippen LogP contribution in [0.1, 0.15) is 6.92 Å². The second-order valence-corrected chi connectivity index (χ2v) is 3.53. The molecule has 0 aromatic heterocycles. The monoisotopic (exact) mass is 222 g/mol. The maximum Gasteiger partial charge on any atom is 0.320 e. The molecule has 0 radical (unpaired) electrons. The van der Waals surface area contributed by atoms with E-state index in [-0.39, 0.29) is 19.1 Å². The molecule has 0 rings (SSSR count). The minimum absolute atomic E-state index is 0.232. The third-order valence-corrected chi connectivity index (χ3v) is 1.85. The molecule has 0 saturated heterocycles. The molecule has 0 fully saturated rings. The van der Waals surface area contributed by atoms with Gasteiger partial charge in [0.25, 0.3) is 0 Å². The van der Waals surface area contributed by atoms with Gasteiger partial charge in [0.2, 0.25) is 0 Å². The Morgan fingerprint density at radius 1 is 1.43 bits per heavy atom. The van der Waals surface area contributed by atoms with Crippen LogP contribution in [-0.4, -0.2) is 44.6 Å². The number of esters is 1. The molecule has 0 unspecified atom stereocenters. The molecule has 0 aliphatic heterocycles. The zero-order chi connectivity index (χ0) is 10.6. The Balaban J connectivity index is 3.10. The van der Waals surface area contributed by atoms with Crippen molar-refractivity contribution in [3.05, 3.63) is 0 Å². The van der Waals surface area contributed by atoms with E-state index >= 15 is 0 Å². The van der Waals surface area contributed by atoms with Gasteiger partial charge in [0.15, 0.2) is 0 Å². The second-order valence-electron chi connectivity index (χ2n) is 2.38. The lowest BCUT2D eigenvalue weighted by Crippen LogP contribution is -2.22. The SMILES string of the molecule is CCSNCC(=O)OCCOCCN. The van der Waals surface area contributed by atoms with Crippen LogP contribution in [0.5, 0.6) is 0 Å².